The number of amides is 1. The molecule has 146 valence electrons. The van der Waals surface area contributed by atoms with Crippen molar-refractivity contribution in [1.29, 1.82) is 0 Å². The predicted octanol–water partition coefficient (Wildman–Crippen LogP) is 2.97. The van der Waals surface area contributed by atoms with Gasteiger partial charge in [-0.3, -0.25) is 9.10 Å². The normalized spacial score (nSPS) is 11.1. The number of benzene rings is 2. The zero-order valence-electron chi connectivity index (χ0n) is 15.3. The lowest BCUT2D eigenvalue weighted by Gasteiger charge is -2.23. The van der Waals surface area contributed by atoms with Crippen molar-refractivity contribution in [2.45, 2.75) is 12.8 Å². The van der Waals surface area contributed by atoms with Gasteiger partial charge < -0.3 is 10.1 Å². The first kappa shape index (κ1) is 21.2. The van der Waals surface area contributed by atoms with Gasteiger partial charge in [0.05, 0.1) is 19.1 Å². The number of halogens is 1. The van der Waals surface area contributed by atoms with Gasteiger partial charge in [-0.2, -0.15) is 0 Å². The molecular weight excluding hydrogens is 432 g/mol. The standard InChI is InChI=1S/C19H23BrN2O4S/c1-26-16-11-9-15(10-12-16)6-5-13-21-19(23)14-22(27(2,24)25)18-8-4-3-7-17(18)20/h3-4,7-12H,5-6,13-14H2,1-2H3,(H,21,23). The van der Waals surface area contributed by atoms with Crippen LogP contribution in [0.1, 0.15) is 12.0 Å². The smallest absolute Gasteiger partial charge is 0.240 e. The topological polar surface area (TPSA) is 75.7 Å². The van der Waals surface area contributed by atoms with E-state index in [1.165, 1.54) is 0 Å². The minimum Gasteiger partial charge on any atom is -0.497 e. The summed E-state index contributed by atoms with van der Waals surface area (Å²) >= 11 is 3.33. The second-order valence-corrected chi connectivity index (χ2v) is 8.78. The van der Waals surface area contributed by atoms with Crippen molar-refractivity contribution in [2.75, 3.05) is 30.8 Å². The fraction of sp³-hybridized carbons (Fsp3) is 0.316. The summed E-state index contributed by atoms with van der Waals surface area (Å²) in [5, 5.41) is 2.78. The largest absolute Gasteiger partial charge is 0.497 e. The second-order valence-electron chi connectivity index (χ2n) is 6.02. The first-order valence-corrected chi connectivity index (χ1v) is 11.1. The van der Waals surface area contributed by atoms with Crippen molar-refractivity contribution >= 4 is 37.5 Å². The summed E-state index contributed by atoms with van der Waals surface area (Å²) in [4.78, 5) is 12.2. The van der Waals surface area contributed by atoms with Crippen LogP contribution in [-0.4, -0.2) is 40.8 Å². The average molecular weight is 455 g/mol. The van der Waals surface area contributed by atoms with Gasteiger partial charge in [0, 0.05) is 11.0 Å². The zero-order chi connectivity index (χ0) is 19.9. The van der Waals surface area contributed by atoms with E-state index in [1.54, 1.807) is 31.4 Å². The number of hydrogen-bond donors (Lipinski definition) is 1. The Morgan fingerprint density at radius 3 is 2.41 bits per heavy atom. The number of anilines is 1. The van der Waals surface area contributed by atoms with E-state index in [1.807, 2.05) is 24.3 Å². The molecule has 0 atom stereocenters. The number of methoxy groups -OCH3 is 1. The Bertz CT molecular complexity index is 870. The van der Waals surface area contributed by atoms with Crippen LogP contribution in [0.3, 0.4) is 0 Å². The molecule has 0 heterocycles. The van der Waals surface area contributed by atoms with Crippen molar-refractivity contribution in [1.82, 2.24) is 5.32 Å². The number of rotatable bonds is 9. The number of para-hydroxylation sites is 1. The molecule has 0 radical (unpaired) electrons. The zero-order valence-corrected chi connectivity index (χ0v) is 17.7. The molecular formula is C19H23BrN2O4S. The van der Waals surface area contributed by atoms with Crippen molar-refractivity contribution in [2.24, 2.45) is 0 Å². The molecule has 0 unspecified atom stereocenters. The number of nitrogens with zero attached hydrogens (tertiary/aromatic N) is 1. The van der Waals surface area contributed by atoms with Crippen molar-refractivity contribution < 1.29 is 17.9 Å². The number of aryl methyl sites for hydroxylation is 1. The average Bonchev–Trinajstić information content (AvgIpc) is 2.63. The van der Waals surface area contributed by atoms with Gasteiger partial charge in [0.15, 0.2) is 0 Å². The highest BCUT2D eigenvalue weighted by atomic mass is 79.9. The van der Waals surface area contributed by atoms with Gasteiger partial charge in [-0.05, 0) is 58.6 Å². The Morgan fingerprint density at radius 2 is 1.81 bits per heavy atom. The summed E-state index contributed by atoms with van der Waals surface area (Å²) in [5.74, 6) is 0.464. The highest BCUT2D eigenvalue weighted by molar-refractivity contribution is 9.10. The molecule has 0 saturated heterocycles. The fourth-order valence-electron chi connectivity index (χ4n) is 2.53. The van der Waals surface area contributed by atoms with Crippen molar-refractivity contribution in [3.05, 3.63) is 58.6 Å². The molecule has 6 nitrogen and oxygen atoms in total. The van der Waals surface area contributed by atoms with Gasteiger partial charge in [0.25, 0.3) is 0 Å². The van der Waals surface area contributed by atoms with Crippen molar-refractivity contribution in [3.63, 3.8) is 0 Å². The Kier molecular flexibility index (Phi) is 7.67. The van der Waals surface area contributed by atoms with Crippen LogP contribution in [0.4, 0.5) is 5.69 Å². The maximum Gasteiger partial charge on any atom is 0.240 e. The van der Waals surface area contributed by atoms with E-state index in [4.69, 9.17) is 4.74 Å². The van der Waals surface area contributed by atoms with Crippen LogP contribution in [0, 0.1) is 0 Å². The Hall–Kier alpha value is -2.06. The molecule has 0 saturated carbocycles. The molecule has 0 aliphatic carbocycles. The van der Waals surface area contributed by atoms with Crippen LogP contribution < -0.4 is 14.4 Å². The molecule has 0 aliphatic heterocycles. The summed E-state index contributed by atoms with van der Waals surface area (Å²) in [5.41, 5.74) is 1.59. The van der Waals surface area contributed by atoms with E-state index in [9.17, 15) is 13.2 Å². The lowest BCUT2D eigenvalue weighted by atomic mass is 10.1. The number of sulfonamides is 1. The second kappa shape index (κ2) is 9.75. The van der Waals surface area contributed by atoms with Crippen LogP contribution in [0.25, 0.3) is 0 Å². The maximum atomic E-state index is 12.2. The third-order valence-electron chi connectivity index (χ3n) is 3.93. The number of carbonyl (C=O) groups excluding carboxylic acids is 1. The Labute approximate surface area is 168 Å². The third kappa shape index (κ3) is 6.55. The van der Waals surface area contributed by atoms with Gasteiger partial charge in [-0.1, -0.05) is 24.3 Å². The van der Waals surface area contributed by atoms with Crippen LogP contribution >= 0.6 is 15.9 Å². The van der Waals surface area contributed by atoms with Crippen LogP contribution in [0.2, 0.25) is 0 Å². The van der Waals surface area contributed by atoms with E-state index >= 15 is 0 Å². The van der Waals surface area contributed by atoms with Crippen LogP contribution in [-0.2, 0) is 21.2 Å². The molecule has 0 spiro atoms. The molecule has 1 amide bonds. The van der Waals surface area contributed by atoms with E-state index < -0.39 is 10.0 Å². The maximum absolute atomic E-state index is 12.2. The quantitative estimate of drug-likeness (QED) is 0.590. The van der Waals surface area contributed by atoms with E-state index in [-0.39, 0.29) is 12.5 Å². The van der Waals surface area contributed by atoms with E-state index in [0.717, 1.165) is 34.7 Å². The first-order valence-electron chi connectivity index (χ1n) is 8.43. The summed E-state index contributed by atoms with van der Waals surface area (Å²) in [6, 6.07) is 14.7. The Morgan fingerprint density at radius 1 is 1.15 bits per heavy atom. The van der Waals surface area contributed by atoms with Gasteiger partial charge >= 0.3 is 0 Å². The predicted molar refractivity (Wildman–Crippen MR) is 111 cm³/mol. The monoisotopic (exact) mass is 454 g/mol. The molecule has 27 heavy (non-hydrogen) atoms. The first-order chi connectivity index (χ1) is 12.8. The Balaban J connectivity index is 1.88. The van der Waals surface area contributed by atoms with E-state index in [2.05, 4.69) is 21.2 Å². The molecule has 1 N–H and O–H groups in total. The summed E-state index contributed by atoms with van der Waals surface area (Å²) < 4.78 is 31.0. The van der Waals surface area contributed by atoms with E-state index in [0.29, 0.717) is 16.7 Å². The number of hydrogen-bond acceptors (Lipinski definition) is 4. The highest BCUT2D eigenvalue weighted by Gasteiger charge is 2.22. The summed E-state index contributed by atoms with van der Waals surface area (Å²) in [6.45, 7) is 0.211. The van der Waals surface area contributed by atoms with Gasteiger partial charge in [-0.25, -0.2) is 8.42 Å². The molecule has 0 fully saturated rings. The molecule has 0 aliphatic rings. The van der Waals surface area contributed by atoms with Gasteiger partial charge in [0.1, 0.15) is 12.3 Å². The summed E-state index contributed by atoms with van der Waals surface area (Å²) in [7, 11) is -1.96. The van der Waals surface area contributed by atoms with Crippen LogP contribution in [0.5, 0.6) is 5.75 Å². The van der Waals surface area contributed by atoms with Gasteiger partial charge in [-0.15, -0.1) is 0 Å². The number of ether oxygens (including phenoxy) is 1. The summed E-state index contributed by atoms with van der Waals surface area (Å²) in [6.07, 6.45) is 2.65. The molecule has 2 aromatic carbocycles. The highest BCUT2D eigenvalue weighted by Crippen LogP contribution is 2.27. The van der Waals surface area contributed by atoms with Crippen molar-refractivity contribution in [3.8, 4) is 5.75 Å². The molecule has 0 bridgehead atoms. The number of nitrogens with one attached hydrogen (secondary N) is 1. The fourth-order valence-corrected chi connectivity index (χ4v) is 4.02. The minimum atomic E-state index is -3.59. The van der Waals surface area contributed by atoms with Gasteiger partial charge in [0.2, 0.25) is 15.9 Å². The molecule has 0 aromatic heterocycles. The molecule has 2 aromatic rings. The lowest BCUT2D eigenvalue weighted by molar-refractivity contribution is -0.119. The molecule has 2 rings (SSSR count). The number of carbonyl (C=O) groups is 1. The third-order valence-corrected chi connectivity index (χ3v) is 5.73. The molecule has 8 heteroatoms. The van der Waals surface area contributed by atoms with Crippen LogP contribution in [0.15, 0.2) is 53.0 Å². The SMILES string of the molecule is COc1ccc(CCCNC(=O)CN(c2ccccc2Br)S(C)(=O)=O)cc1. The minimum absolute atomic E-state index is 0.260. The lowest BCUT2D eigenvalue weighted by Crippen LogP contribution is -2.40.